The topological polar surface area (TPSA) is 12.9 Å². The minimum atomic E-state index is -0.595. The lowest BCUT2D eigenvalue weighted by atomic mass is 9.99. The molecule has 44 valence electrons. The van der Waals surface area contributed by atoms with Gasteiger partial charge < -0.3 is 0 Å². The molecule has 0 bridgehead atoms. The van der Waals surface area contributed by atoms with E-state index in [1.165, 1.54) is 6.20 Å². The average molecular weight is 233 g/mol. The second-order valence-electron chi connectivity index (χ2n) is 1.50. The highest BCUT2D eigenvalue weighted by atomic mass is 127. The van der Waals surface area contributed by atoms with Crippen LogP contribution < -0.4 is 5.46 Å². The summed E-state index contributed by atoms with van der Waals surface area (Å²) in [5.74, 6) is -0.595. The lowest BCUT2D eigenvalue weighted by Crippen LogP contribution is -2.13. The van der Waals surface area contributed by atoms with Crippen molar-refractivity contribution in [2.75, 3.05) is 0 Å². The summed E-state index contributed by atoms with van der Waals surface area (Å²) in [5.41, 5.74) is 0.123. The number of aromatic nitrogens is 1. The molecule has 1 heterocycles. The summed E-state index contributed by atoms with van der Waals surface area (Å²) in [7, 11) is 5.24. The van der Waals surface area contributed by atoms with Crippen LogP contribution in [0.5, 0.6) is 0 Å². The van der Waals surface area contributed by atoms with Crippen molar-refractivity contribution in [3.05, 3.63) is 21.8 Å². The predicted molar refractivity (Wildman–Crippen MR) is 42.3 cm³/mol. The third-order valence-corrected chi connectivity index (χ3v) is 1.83. The van der Waals surface area contributed by atoms with Gasteiger partial charge in [-0.1, -0.05) is 0 Å². The van der Waals surface area contributed by atoms with Crippen LogP contribution in [0.1, 0.15) is 0 Å². The quantitative estimate of drug-likeness (QED) is 0.363. The smallest absolute Gasteiger partial charge is 0.206 e. The van der Waals surface area contributed by atoms with Gasteiger partial charge in [-0.05, 0) is 34.1 Å². The molecule has 0 fully saturated rings. The Morgan fingerprint density at radius 2 is 2.33 bits per heavy atom. The van der Waals surface area contributed by atoms with E-state index in [1.54, 1.807) is 6.07 Å². The van der Waals surface area contributed by atoms with E-state index < -0.39 is 5.95 Å². The Morgan fingerprint density at radius 1 is 1.67 bits per heavy atom. The summed E-state index contributed by atoms with van der Waals surface area (Å²) < 4.78 is 13.0. The Kier molecular flexibility index (Phi) is 2.05. The van der Waals surface area contributed by atoms with Gasteiger partial charge in [0.05, 0.1) is 0 Å². The van der Waals surface area contributed by atoms with Crippen LogP contribution in [0.25, 0.3) is 0 Å². The first-order chi connectivity index (χ1) is 4.22. The fourth-order valence-electron chi connectivity index (χ4n) is 0.426. The third-order valence-electron chi connectivity index (χ3n) is 0.888. The molecule has 0 aromatic carbocycles. The summed E-state index contributed by atoms with van der Waals surface area (Å²) in [6.07, 6.45) is 1.38. The molecule has 4 heteroatoms. The molecule has 0 saturated carbocycles. The van der Waals surface area contributed by atoms with E-state index in [1.807, 2.05) is 22.6 Å². The van der Waals surface area contributed by atoms with Crippen LogP contribution in [-0.2, 0) is 0 Å². The zero-order chi connectivity index (χ0) is 6.85. The van der Waals surface area contributed by atoms with Crippen molar-refractivity contribution in [1.82, 2.24) is 4.98 Å². The van der Waals surface area contributed by atoms with Crippen molar-refractivity contribution in [2.45, 2.75) is 0 Å². The monoisotopic (exact) mass is 233 g/mol. The standard InChI is InChI=1S/C5H2BFIN/c6-4-3(8)1-2-9-5(4)7/h1-2H. The van der Waals surface area contributed by atoms with Crippen molar-refractivity contribution in [3.8, 4) is 0 Å². The molecular formula is C5H2BFIN. The summed E-state index contributed by atoms with van der Waals surface area (Å²) in [5, 5.41) is 0. The number of rotatable bonds is 0. The molecule has 1 nitrogen and oxygen atoms in total. The van der Waals surface area contributed by atoms with Crippen LogP contribution in [0.4, 0.5) is 4.39 Å². The normalized spacial score (nSPS) is 9.56. The predicted octanol–water partition coefficient (Wildman–Crippen LogP) is 0.619. The molecule has 2 radical (unpaired) electrons. The van der Waals surface area contributed by atoms with Crippen molar-refractivity contribution in [2.24, 2.45) is 0 Å². The van der Waals surface area contributed by atoms with Crippen LogP contribution in [0.2, 0.25) is 0 Å². The van der Waals surface area contributed by atoms with Gasteiger partial charge in [0.1, 0.15) is 7.85 Å². The van der Waals surface area contributed by atoms with Gasteiger partial charge in [0.2, 0.25) is 5.95 Å². The fraction of sp³-hybridized carbons (Fsp3) is 0. The van der Waals surface area contributed by atoms with Crippen LogP contribution in [0, 0.1) is 9.52 Å². The minimum Gasteiger partial charge on any atom is -0.229 e. The van der Waals surface area contributed by atoms with E-state index in [2.05, 4.69) is 4.98 Å². The van der Waals surface area contributed by atoms with E-state index in [4.69, 9.17) is 7.85 Å². The SMILES string of the molecule is [B]c1c(I)ccnc1F. The first-order valence-electron chi connectivity index (χ1n) is 2.27. The second kappa shape index (κ2) is 2.64. The maximum atomic E-state index is 12.3. The van der Waals surface area contributed by atoms with Crippen LogP contribution >= 0.6 is 22.6 Å². The highest BCUT2D eigenvalue weighted by molar-refractivity contribution is 14.1. The molecule has 0 spiro atoms. The summed E-state index contributed by atoms with van der Waals surface area (Å²) in [6, 6.07) is 1.65. The largest absolute Gasteiger partial charge is 0.229 e. The molecular weight excluding hydrogens is 231 g/mol. The lowest BCUT2D eigenvalue weighted by Gasteiger charge is -1.95. The molecule has 0 aliphatic rings. The number of halogens is 2. The van der Waals surface area contributed by atoms with E-state index in [9.17, 15) is 4.39 Å². The molecule has 0 aliphatic heterocycles. The van der Waals surface area contributed by atoms with E-state index in [-0.39, 0.29) is 5.46 Å². The summed E-state index contributed by atoms with van der Waals surface area (Å²) in [6.45, 7) is 0. The number of pyridine rings is 1. The molecule has 1 rings (SSSR count). The van der Waals surface area contributed by atoms with Crippen LogP contribution in [0.15, 0.2) is 12.3 Å². The average Bonchev–Trinajstić information content (AvgIpc) is 1.83. The molecule has 0 saturated heterocycles. The van der Waals surface area contributed by atoms with Crippen molar-refractivity contribution in [1.29, 1.82) is 0 Å². The minimum absolute atomic E-state index is 0.123. The van der Waals surface area contributed by atoms with Gasteiger partial charge in [0.25, 0.3) is 0 Å². The van der Waals surface area contributed by atoms with E-state index in [0.717, 1.165) is 0 Å². The summed E-state index contributed by atoms with van der Waals surface area (Å²) >= 11 is 1.94. The summed E-state index contributed by atoms with van der Waals surface area (Å²) in [4.78, 5) is 3.34. The molecule has 1 aromatic rings. The highest BCUT2D eigenvalue weighted by Crippen LogP contribution is 1.98. The molecule has 0 unspecified atom stereocenters. The third kappa shape index (κ3) is 1.41. The highest BCUT2D eigenvalue weighted by Gasteiger charge is 1.98. The number of hydrogen-bond acceptors (Lipinski definition) is 1. The number of hydrogen-bond donors (Lipinski definition) is 0. The van der Waals surface area contributed by atoms with Gasteiger partial charge in [-0.3, -0.25) is 0 Å². The Hall–Kier alpha value is -0.125. The Balaban J connectivity index is 3.25. The van der Waals surface area contributed by atoms with Gasteiger partial charge in [-0.15, -0.1) is 0 Å². The Bertz CT molecular complexity index is 208. The van der Waals surface area contributed by atoms with Gasteiger partial charge in [0, 0.05) is 9.77 Å². The van der Waals surface area contributed by atoms with Crippen molar-refractivity contribution >= 4 is 35.9 Å². The maximum absolute atomic E-state index is 12.3. The first-order valence-corrected chi connectivity index (χ1v) is 3.35. The first kappa shape index (κ1) is 6.99. The fourth-order valence-corrected chi connectivity index (χ4v) is 0.809. The molecule has 0 N–H and O–H groups in total. The maximum Gasteiger partial charge on any atom is 0.206 e. The molecule has 0 atom stereocenters. The van der Waals surface area contributed by atoms with Crippen LogP contribution in [-0.4, -0.2) is 12.8 Å². The molecule has 0 amide bonds. The van der Waals surface area contributed by atoms with E-state index in [0.29, 0.717) is 3.57 Å². The Morgan fingerprint density at radius 3 is 2.78 bits per heavy atom. The second-order valence-corrected chi connectivity index (χ2v) is 2.66. The molecule has 1 aromatic heterocycles. The van der Waals surface area contributed by atoms with Crippen molar-refractivity contribution in [3.63, 3.8) is 0 Å². The van der Waals surface area contributed by atoms with Gasteiger partial charge in [-0.2, -0.15) is 4.39 Å². The van der Waals surface area contributed by atoms with Crippen molar-refractivity contribution < 1.29 is 4.39 Å². The van der Waals surface area contributed by atoms with Gasteiger partial charge >= 0.3 is 0 Å². The molecule has 9 heavy (non-hydrogen) atoms. The van der Waals surface area contributed by atoms with Gasteiger partial charge in [0.15, 0.2) is 0 Å². The lowest BCUT2D eigenvalue weighted by molar-refractivity contribution is 0.591. The molecule has 0 aliphatic carbocycles. The van der Waals surface area contributed by atoms with Crippen LogP contribution in [0.3, 0.4) is 0 Å². The zero-order valence-corrected chi connectivity index (χ0v) is 6.59. The Labute approximate surface area is 67.2 Å². The van der Waals surface area contributed by atoms with Gasteiger partial charge in [-0.25, -0.2) is 4.98 Å². The zero-order valence-electron chi connectivity index (χ0n) is 4.44. The van der Waals surface area contributed by atoms with E-state index >= 15 is 0 Å². The number of nitrogens with zero attached hydrogens (tertiary/aromatic N) is 1.